The van der Waals surface area contributed by atoms with E-state index in [4.69, 9.17) is 11.6 Å². The Labute approximate surface area is 126 Å². The highest BCUT2D eigenvalue weighted by Gasteiger charge is 2.17. The number of pyridine rings is 1. The molecule has 2 heterocycles. The zero-order chi connectivity index (χ0) is 14.8. The van der Waals surface area contributed by atoms with E-state index in [9.17, 15) is 5.26 Å². The lowest BCUT2D eigenvalue weighted by molar-refractivity contribution is 0.802. The van der Waals surface area contributed by atoms with Crippen molar-refractivity contribution in [1.82, 2.24) is 20.0 Å². The zero-order valence-corrected chi connectivity index (χ0v) is 11.9. The first-order chi connectivity index (χ1) is 10.2. The lowest BCUT2D eigenvalue weighted by Gasteiger charge is -2.10. The van der Waals surface area contributed by atoms with Gasteiger partial charge in [0.2, 0.25) is 0 Å². The van der Waals surface area contributed by atoms with Gasteiger partial charge in [-0.05, 0) is 36.8 Å². The van der Waals surface area contributed by atoms with E-state index in [-0.39, 0.29) is 5.69 Å². The second-order valence-corrected chi connectivity index (χ2v) is 4.84. The molecule has 0 fully saturated rings. The molecule has 0 bridgehead atoms. The monoisotopic (exact) mass is 295 g/mol. The molecule has 0 aliphatic heterocycles. The van der Waals surface area contributed by atoms with Crippen molar-refractivity contribution in [2.45, 2.75) is 6.92 Å². The van der Waals surface area contributed by atoms with Crippen molar-refractivity contribution in [3.63, 3.8) is 0 Å². The fourth-order valence-corrected chi connectivity index (χ4v) is 2.29. The van der Waals surface area contributed by atoms with E-state index in [0.29, 0.717) is 10.7 Å². The highest BCUT2D eigenvalue weighted by Crippen LogP contribution is 2.28. The van der Waals surface area contributed by atoms with Gasteiger partial charge in [0.1, 0.15) is 11.8 Å². The van der Waals surface area contributed by atoms with Gasteiger partial charge < -0.3 is 0 Å². The lowest BCUT2D eigenvalue weighted by atomic mass is 10.1. The summed E-state index contributed by atoms with van der Waals surface area (Å²) in [7, 11) is 0. The average molecular weight is 296 g/mol. The maximum absolute atomic E-state index is 9.26. The van der Waals surface area contributed by atoms with Gasteiger partial charge in [0.25, 0.3) is 0 Å². The summed E-state index contributed by atoms with van der Waals surface area (Å²) in [6.45, 7) is 1.90. The van der Waals surface area contributed by atoms with Gasteiger partial charge in [-0.2, -0.15) is 5.26 Å². The maximum atomic E-state index is 9.26. The summed E-state index contributed by atoms with van der Waals surface area (Å²) in [5.41, 5.74) is 3.39. The summed E-state index contributed by atoms with van der Waals surface area (Å²) in [5, 5.41) is 17.9. The number of benzene rings is 1. The molecule has 0 radical (unpaired) electrons. The molecule has 0 saturated carbocycles. The molecule has 0 N–H and O–H groups in total. The maximum Gasteiger partial charge on any atom is 0.191 e. The van der Waals surface area contributed by atoms with Crippen LogP contribution in [-0.2, 0) is 0 Å². The van der Waals surface area contributed by atoms with Crippen molar-refractivity contribution >= 4 is 11.6 Å². The molecule has 1 aromatic carbocycles. The number of rotatable bonds is 2. The minimum absolute atomic E-state index is 0.264. The quantitative estimate of drug-likeness (QED) is 0.728. The van der Waals surface area contributed by atoms with Crippen LogP contribution in [0.1, 0.15) is 11.3 Å². The van der Waals surface area contributed by atoms with E-state index < -0.39 is 0 Å². The molecule has 2 aromatic heterocycles. The highest BCUT2D eigenvalue weighted by atomic mass is 35.5. The van der Waals surface area contributed by atoms with Gasteiger partial charge in [-0.3, -0.25) is 4.98 Å². The summed E-state index contributed by atoms with van der Waals surface area (Å²) < 4.78 is 1.63. The van der Waals surface area contributed by atoms with E-state index in [2.05, 4.69) is 21.4 Å². The molecular weight excluding hydrogens is 286 g/mol. The second kappa shape index (κ2) is 5.35. The molecule has 6 heteroatoms. The smallest absolute Gasteiger partial charge is 0.191 e. The molecule has 0 saturated heterocycles. The first-order valence-corrected chi connectivity index (χ1v) is 6.62. The number of nitrogens with zero attached hydrogens (tertiary/aromatic N) is 5. The van der Waals surface area contributed by atoms with Crippen molar-refractivity contribution in [2.75, 3.05) is 0 Å². The molecule has 102 valence electrons. The van der Waals surface area contributed by atoms with Crippen molar-refractivity contribution in [1.29, 1.82) is 5.26 Å². The van der Waals surface area contributed by atoms with Crippen LogP contribution in [-0.4, -0.2) is 20.0 Å². The van der Waals surface area contributed by atoms with Crippen LogP contribution in [0.3, 0.4) is 0 Å². The van der Waals surface area contributed by atoms with Gasteiger partial charge in [0, 0.05) is 23.0 Å². The van der Waals surface area contributed by atoms with E-state index in [1.165, 1.54) is 0 Å². The molecule has 0 atom stereocenters. The fraction of sp³-hybridized carbons (Fsp3) is 0.0667. The number of nitriles is 1. The molecule has 0 spiro atoms. The van der Waals surface area contributed by atoms with Crippen LogP contribution in [0.5, 0.6) is 0 Å². The Morgan fingerprint density at radius 2 is 1.95 bits per heavy atom. The average Bonchev–Trinajstić information content (AvgIpc) is 2.94. The topological polar surface area (TPSA) is 67.4 Å². The molecular formula is C15H10ClN5. The first-order valence-electron chi connectivity index (χ1n) is 6.24. The van der Waals surface area contributed by atoms with Crippen LogP contribution in [0, 0.1) is 18.3 Å². The fourth-order valence-electron chi connectivity index (χ4n) is 2.12. The molecule has 0 amide bonds. The largest absolute Gasteiger partial charge is 0.265 e. The second-order valence-electron chi connectivity index (χ2n) is 4.43. The van der Waals surface area contributed by atoms with E-state index in [1.54, 1.807) is 17.1 Å². The molecule has 5 nitrogen and oxygen atoms in total. The van der Waals surface area contributed by atoms with Crippen molar-refractivity contribution in [3.8, 4) is 23.0 Å². The summed E-state index contributed by atoms with van der Waals surface area (Å²) in [6.07, 6.45) is 3.33. The Balaban J connectivity index is 2.29. The molecule has 0 aliphatic carbocycles. The highest BCUT2D eigenvalue weighted by molar-refractivity contribution is 6.31. The normalized spacial score (nSPS) is 10.3. The van der Waals surface area contributed by atoms with Crippen LogP contribution in [0.15, 0.2) is 42.7 Å². The predicted molar refractivity (Wildman–Crippen MR) is 79.1 cm³/mol. The molecule has 3 rings (SSSR count). The number of aromatic nitrogens is 4. The van der Waals surface area contributed by atoms with Gasteiger partial charge in [-0.1, -0.05) is 22.9 Å². The van der Waals surface area contributed by atoms with E-state index in [0.717, 1.165) is 16.8 Å². The Morgan fingerprint density at radius 1 is 1.19 bits per heavy atom. The van der Waals surface area contributed by atoms with Crippen molar-refractivity contribution in [2.24, 2.45) is 0 Å². The Hall–Kier alpha value is -2.71. The van der Waals surface area contributed by atoms with Crippen LogP contribution in [0.2, 0.25) is 5.02 Å². The standard InChI is InChI=1S/C15H10ClN5/c1-10-12(16)3-2-4-14(10)21-15(13(9-17)19-20-21)11-5-7-18-8-6-11/h2-8H,1H3. The number of hydrogen-bond donors (Lipinski definition) is 0. The first kappa shape index (κ1) is 13.3. The van der Waals surface area contributed by atoms with Crippen LogP contribution >= 0.6 is 11.6 Å². The minimum atomic E-state index is 0.264. The Bertz CT molecular complexity index is 833. The Morgan fingerprint density at radius 3 is 2.67 bits per heavy atom. The zero-order valence-electron chi connectivity index (χ0n) is 11.2. The van der Waals surface area contributed by atoms with Crippen LogP contribution < -0.4 is 0 Å². The molecule has 3 aromatic rings. The lowest BCUT2D eigenvalue weighted by Crippen LogP contribution is -2.02. The van der Waals surface area contributed by atoms with Crippen molar-refractivity contribution < 1.29 is 0 Å². The summed E-state index contributed by atoms with van der Waals surface area (Å²) in [5.74, 6) is 0. The predicted octanol–water partition coefficient (Wildman–Crippen LogP) is 3.16. The molecule has 0 unspecified atom stereocenters. The van der Waals surface area contributed by atoms with Crippen LogP contribution in [0.25, 0.3) is 16.9 Å². The summed E-state index contributed by atoms with van der Waals surface area (Å²) >= 11 is 6.17. The third-order valence-corrected chi connectivity index (χ3v) is 3.61. The van der Waals surface area contributed by atoms with Gasteiger partial charge in [0.15, 0.2) is 5.69 Å². The minimum Gasteiger partial charge on any atom is -0.265 e. The number of hydrogen-bond acceptors (Lipinski definition) is 4. The van der Waals surface area contributed by atoms with E-state index >= 15 is 0 Å². The SMILES string of the molecule is Cc1c(Cl)cccc1-n1nnc(C#N)c1-c1ccncc1. The van der Waals surface area contributed by atoms with Gasteiger partial charge >= 0.3 is 0 Å². The van der Waals surface area contributed by atoms with Gasteiger partial charge in [-0.25, -0.2) is 4.68 Å². The summed E-state index contributed by atoms with van der Waals surface area (Å²) in [4.78, 5) is 3.99. The van der Waals surface area contributed by atoms with Crippen LogP contribution in [0.4, 0.5) is 0 Å². The third-order valence-electron chi connectivity index (χ3n) is 3.20. The van der Waals surface area contributed by atoms with Crippen molar-refractivity contribution in [3.05, 3.63) is 59.0 Å². The molecule has 21 heavy (non-hydrogen) atoms. The summed E-state index contributed by atoms with van der Waals surface area (Å²) in [6, 6.07) is 11.2. The van der Waals surface area contributed by atoms with Gasteiger partial charge in [0.05, 0.1) is 5.69 Å². The van der Waals surface area contributed by atoms with Gasteiger partial charge in [-0.15, -0.1) is 5.10 Å². The Kier molecular flexibility index (Phi) is 3.38. The van der Waals surface area contributed by atoms with E-state index in [1.807, 2.05) is 37.3 Å². The molecule has 0 aliphatic rings. The number of halogens is 1. The third kappa shape index (κ3) is 2.26.